The minimum Gasteiger partial charge on any atom is -0.396 e. The van der Waals surface area contributed by atoms with Gasteiger partial charge in [0.05, 0.1) is 23.2 Å². The third-order valence-corrected chi connectivity index (χ3v) is 6.04. The number of sulfone groups is 1. The summed E-state index contributed by atoms with van der Waals surface area (Å²) in [6.07, 6.45) is 5.55. The third-order valence-electron chi connectivity index (χ3n) is 4.29. The number of rotatable bonds is 6. The summed E-state index contributed by atoms with van der Waals surface area (Å²) >= 11 is 0. The molecular weight excluding hydrogens is 333 g/mol. The number of nitrogens with two attached hydrogens (primary N) is 1. The van der Waals surface area contributed by atoms with E-state index in [-0.39, 0.29) is 10.6 Å². The topological polar surface area (TPSA) is 97.5 Å². The molecule has 3 N–H and O–H groups in total. The first-order valence-corrected chi connectivity index (χ1v) is 9.19. The number of aliphatic hydroxyl groups excluding tert-OH is 1. The lowest BCUT2D eigenvalue weighted by molar-refractivity contribution is -0.124. The van der Waals surface area contributed by atoms with E-state index in [2.05, 4.69) is 0 Å². The standard InChI is InChI=1S/C17H20FNO4S/c1-2-24(22,23)13-8-6-12(7-9-13)15(11-20)17(18)10-4-3-5-14(17)16(19)21/h3-10,14-15,20H,2,11H2,1H3,(H2,19,21)/t14?,15-,17?/m0/s1. The van der Waals surface area contributed by atoms with Gasteiger partial charge in [-0.15, -0.1) is 0 Å². The molecule has 0 radical (unpaired) electrons. The van der Waals surface area contributed by atoms with Crippen molar-refractivity contribution in [3.05, 3.63) is 54.1 Å². The predicted octanol–water partition coefficient (Wildman–Crippen LogP) is 1.49. The molecule has 5 nitrogen and oxygen atoms in total. The Kier molecular flexibility index (Phi) is 5.25. The van der Waals surface area contributed by atoms with Crippen LogP contribution in [0.5, 0.6) is 0 Å². The van der Waals surface area contributed by atoms with E-state index in [9.17, 15) is 18.3 Å². The highest BCUT2D eigenvalue weighted by Crippen LogP contribution is 2.41. The first-order chi connectivity index (χ1) is 11.3. The fraction of sp³-hybridized carbons (Fsp3) is 0.353. The molecule has 0 aromatic heterocycles. The van der Waals surface area contributed by atoms with Crippen LogP contribution in [-0.4, -0.2) is 37.5 Å². The first kappa shape index (κ1) is 18.4. The van der Waals surface area contributed by atoms with Crippen molar-refractivity contribution in [2.75, 3.05) is 12.4 Å². The minimum absolute atomic E-state index is 0.0416. The number of carbonyl (C=O) groups is 1. The molecule has 1 amide bonds. The summed E-state index contributed by atoms with van der Waals surface area (Å²) in [7, 11) is -3.37. The fourth-order valence-electron chi connectivity index (χ4n) is 2.85. The van der Waals surface area contributed by atoms with Gasteiger partial charge in [-0.3, -0.25) is 4.79 Å². The fourth-order valence-corrected chi connectivity index (χ4v) is 3.73. The zero-order valence-electron chi connectivity index (χ0n) is 13.2. The van der Waals surface area contributed by atoms with Crippen molar-refractivity contribution in [1.29, 1.82) is 0 Å². The van der Waals surface area contributed by atoms with E-state index in [1.807, 2.05) is 0 Å². The minimum atomic E-state index is -3.37. The number of hydrogen-bond acceptors (Lipinski definition) is 4. The van der Waals surface area contributed by atoms with Crippen molar-refractivity contribution in [2.45, 2.75) is 23.4 Å². The molecule has 0 spiro atoms. The normalized spacial score (nSPS) is 24.7. The third kappa shape index (κ3) is 3.27. The number of primary amides is 1. The van der Waals surface area contributed by atoms with Crippen LogP contribution in [-0.2, 0) is 14.6 Å². The average Bonchev–Trinajstić information content (AvgIpc) is 2.56. The summed E-state index contributed by atoms with van der Waals surface area (Å²) in [6.45, 7) is 0.977. The molecule has 0 saturated carbocycles. The van der Waals surface area contributed by atoms with E-state index in [1.54, 1.807) is 0 Å². The zero-order valence-corrected chi connectivity index (χ0v) is 14.0. The Bertz CT molecular complexity index is 770. The first-order valence-electron chi connectivity index (χ1n) is 7.54. The van der Waals surface area contributed by atoms with Gasteiger partial charge in [0, 0.05) is 5.92 Å². The lowest BCUT2D eigenvalue weighted by Crippen LogP contribution is -2.46. The number of benzene rings is 1. The van der Waals surface area contributed by atoms with E-state index in [0.717, 1.165) is 0 Å². The lowest BCUT2D eigenvalue weighted by atomic mass is 9.73. The van der Waals surface area contributed by atoms with Crippen LogP contribution in [0.2, 0.25) is 0 Å². The largest absolute Gasteiger partial charge is 0.396 e. The second-order valence-electron chi connectivity index (χ2n) is 5.66. The van der Waals surface area contributed by atoms with Gasteiger partial charge in [0.15, 0.2) is 15.5 Å². The Morgan fingerprint density at radius 2 is 1.96 bits per heavy atom. The molecule has 2 unspecified atom stereocenters. The Morgan fingerprint density at radius 3 is 2.46 bits per heavy atom. The Morgan fingerprint density at radius 1 is 1.33 bits per heavy atom. The number of alkyl halides is 1. The molecule has 0 aliphatic heterocycles. The molecule has 0 saturated heterocycles. The molecule has 24 heavy (non-hydrogen) atoms. The number of hydrogen-bond donors (Lipinski definition) is 2. The average molecular weight is 353 g/mol. The molecule has 1 aliphatic rings. The molecule has 3 atom stereocenters. The monoisotopic (exact) mass is 353 g/mol. The lowest BCUT2D eigenvalue weighted by Gasteiger charge is -2.36. The van der Waals surface area contributed by atoms with Crippen LogP contribution in [0.4, 0.5) is 4.39 Å². The van der Waals surface area contributed by atoms with E-state index < -0.39 is 39.9 Å². The van der Waals surface area contributed by atoms with Crippen molar-refractivity contribution >= 4 is 15.7 Å². The van der Waals surface area contributed by atoms with Crippen LogP contribution in [0.15, 0.2) is 53.5 Å². The van der Waals surface area contributed by atoms with E-state index >= 15 is 4.39 Å². The van der Waals surface area contributed by atoms with Crippen LogP contribution in [0, 0.1) is 5.92 Å². The zero-order chi connectivity index (χ0) is 18.0. The smallest absolute Gasteiger partial charge is 0.227 e. The highest BCUT2D eigenvalue weighted by Gasteiger charge is 2.47. The van der Waals surface area contributed by atoms with Crippen LogP contribution in [0.25, 0.3) is 0 Å². The van der Waals surface area contributed by atoms with Crippen LogP contribution in [0.1, 0.15) is 18.4 Å². The van der Waals surface area contributed by atoms with Crippen LogP contribution in [0.3, 0.4) is 0 Å². The molecule has 0 heterocycles. The summed E-state index contributed by atoms with van der Waals surface area (Å²) < 4.78 is 39.2. The van der Waals surface area contributed by atoms with E-state index in [4.69, 9.17) is 5.73 Å². The Hall–Kier alpha value is -1.99. The van der Waals surface area contributed by atoms with E-state index in [1.165, 1.54) is 55.5 Å². The maximum atomic E-state index is 15.5. The molecule has 0 bridgehead atoms. The molecule has 2 rings (SSSR count). The second kappa shape index (κ2) is 6.86. The second-order valence-corrected chi connectivity index (χ2v) is 7.94. The summed E-state index contributed by atoms with van der Waals surface area (Å²) in [5.41, 5.74) is 3.50. The van der Waals surface area contributed by atoms with E-state index in [0.29, 0.717) is 5.56 Å². The molecular formula is C17H20FNO4S. The molecule has 0 fully saturated rings. The van der Waals surface area contributed by atoms with Crippen molar-refractivity contribution in [3.8, 4) is 0 Å². The van der Waals surface area contributed by atoms with Crippen molar-refractivity contribution in [3.63, 3.8) is 0 Å². The molecule has 1 aliphatic carbocycles. The SMILES string of the molecule is CCS(=O)(=O)c1ccc([C@H](CO)C2(F)C=CC=CC2C(N)=O)cc1. The van der Waals surface area contributed by atoms with Gasteiger partial charge >= 0.3 is 0 Å². The number of carbonyl (C=O) groups excluding carboxylic acids is 1. The molecule has 7 heteroatoms. The van der Waals surface area contributed by atoms with Crippen molar-refractivity contribution in [2.24, 2.45) is 11.7 Å². The molecule has 1 aromatic rings. The Labute approximate surface area is 140 Å². The highest BCUT2D eigenvalue weighted by atomic mass is 32.2. The van der Waals surface area contributed by atoms with Gasteiger partial charge in [0.1, 0.15) is 0 Å². The van der Waals surface area contributed by atoms with Gasteiger partial charge in [0.25, 0.3) is 0 Å². The summed E-state index contributed by atoms with van der Waals surface area (Å²) in [5.74, 6) is -3.13. The van der Waals surface area contributed by atoms with Gasteiger partial charge in [-0.1, -0.05) is 37.3 Å². The number of aliphatic hydroxyl groups is 1. The summed E-state index contributed by atoms with van der Waals surface area (Å²) in [4.78, 5) is 11.7. The van der Waals surface area contributed by atoms with Gasteiger partial charge < -0.3 is 10.8 Å². The van der Waals surface area contributed by atoms with Crippen LogP contribution < -0.4 is 5.73 Å². The van der Waals surface area contributed by atoms with Crippen molar-refractivity contribution < 1.29 is 22.7 Å². The summed E-state index contributed by atoms with van der Waals surface area (Å²) in [6, 6.07) is 5.66. The predicted molar refractivity (Wildman–Crippen MR) is 88.8 cm³/mol. The maximum absolute atomic E-state index is 15.5. The molecule has 1 aromatic carbocycles. The van der Waals surface area contributed by atoms with Gasteiger partial charge in [-0.25, -0.2) is 12.8 Å². The van der Waals surface area contributed by atoms with Crippen molar-refractivity contribution in [1.82, 2.24) is 0 Å². The molecule has 130 valence electrons. The van der Waals surface area contributed by atoms with Gasteiger partial charge in [-0.05, 0) is 23.8 Å². The van der Waals surface area contributed by atoms with Gasteiger partial charge in [0.2, 0.25) is 5.91 Å². The summed E-state index contributed by atoms with van der Waals surface area (Å²) in [5, 5.41) is 9.70. The Balaban J connectivity index is 2.43. The number of amides is 1. The van der Waals surface area contributed by atoms with Crippen LogP contribution >= 0.6 is 0 Å². The van der Waals surface area contributed by atoms with Gasteiger partial charge in [-0.2, -0.15) is 0 Å². The highest BCUT2D eigenvalue weighted by molar-refractivity contribution is 7.91. The number of halogens is 1. The number of allylic oxidation sites excluding steroid dienone is 3. The quantitative estimate of drug-likeness (QED) is 0.810. The maximum Gasteiger partial charge on any atom is 0.227 e.